The fraction of sp³-hybridized carbons (Fsp3) is 0.455. The quantitative estimate of drug-likeness (QED) is 0.726. The van der Waals surface area contributed by atoms with Gasteiger partial charge in [-0.1, -0.05) is 48.0 Å². The molecule has 0 radical (unpaired) electrons. The molecule has 2 aliphatic rings. The van der Waals surface area contributed by atoms with Crippen LogP contribution < -0.4 is 4.90 Å². The Hall–Kier alpha value is -1.32. The lowest BCUT2D eigenvalue weighted by Crippen LogP contribution is -2.47. The zero-order chi connectivity index (χ0) is 16.5. The van der Waals surface area contributed by atoms with Crippen molar-refractivity contribution in [3.63, 3.8) is 0 Å². The van der Waals surface area contributed by atoms with E-state index in [0.717, 1.165) is 24.9 Å². The molecule has 0 N–H and O–H groups in total. The first-order valence-corrected chi connectivity index (χ1v) is 9.30. The number of halogens is 1. The van der Waals surface area contributed by atoms with Gasteiger partial charge in [-0.15, -0.1) is 17.0 Å². The summed E-state index contributed by atoms with van der Waals surface area (Å²) in [4.78, 5) is 5.24. The van der Waals surface area contributed by atoms with Crippen molar-refractivity contribution in [3.05, 3.63) is 65.2 Å². The lowest BCUT2D eigenvalue weighted by atomic mass is 10.1. The minimum atomic E-state index is 0. The number of hydrogen-bond acceptors (Lipinski definition) is 2. The number of rotatable bonds is 4. The highest BCUT2D eigenvalue weighted by atomic mass is 79.9. The summed E-state index contributed by atoms with van der Waals surface area (Å²) < 4.78 is 0. The van der Waals surface area contributed by atoms with Gasteiger partial charge in [0.1, 0.15) is 0 Å². The second-order valence-corrected chi connectivity index (χ2v) is 7.59. The van der Waals surface area contributed by atoms with Gasteiger partial charge in [0.2, 0.25) is 0 Å². The molecule has 4 rings (SSSR count). The Balaban J connectivity index is 0.00000182. The number of hydrogen-bond donors (Lipinski definition) is 0. The first-order valence-electron chi connectivity index (χ1n) is 9.30. The molecule has 2 fully saturated rings. The summed E-state index contributed by atoms with van der Waals surface area (Å²) >= 11 is 0. The van der Waals surface area contributed by atoms with E-state index in [1.165, 1.54) is 48.4 Å². The molecule has 0 bridgehead atoms. The summed E-state index contributed by atoms with van der Waals surface area (Å²) in [6, 6.07) is 17.9. The molecule has 2 aromatic carbocycles. The molecule has 1 heterocycles. The summed E-state index contributed by atoms with van der Waals surface area (Å²) in [7, 11) is 0. The number of aryl methyl sites for hydroxylation is 2. The molecule has 2 aromatic rings. The number of piperazine rings is 1. The van der Waals surface area contributed by atoms with E-state index in [-0.39, 0.29) is 17.0 Å². The van der Waals surface area contributed by atoms with E-state index in [1.54, 1.807) is 0 Å². The van der Waals surface area contributed by atoms with Gasteiger partial charge in [-0.05, 0) is 49.3 Å². The molecule has 1 saturated carbocycles. The van der Waals surface area contributed by atoms with Gasteiger partial charge in [-0.25, -0.2) is 0 Å². The molecule has 2 atom stereocenters. The van der Waals surface area contributed by atoms with Gasteiger partial charge in [-0.3, -0.25) is 4.90 Å². The van der Waals surface area contributed by atoms with E-state index in [2.05, 4.69) is 72.2 Å². The Kier molecular flexibility index (Phi) is 5.85. The van der Waals surface area contributed by atoms with Gasteiger partial charge >= 0.3 is 0 Å². The maximum Gasteiger partial charge on any atom is 0.0396 e. The highest BCUT2D eigenvalue weighted by Gasteiger charge is 2.39. The monoisotopic (exact) mass is 400 g/mol. The smallest absolute Gasteiger partial charge is 0.0396 e. The minimum absolute atomic E-state index is 0. The topological polar surface area (TPSA) is 6.48 Å². The SMILES string of the molecule is Br.Cc1ccc(N2CCN(C[C@@H]3C[C@H]3c3ccccc3)CC2)c(C)c1. The average molecular weight is 401 g/mol. The van der Waals surface area contributed by atoms with E-state index in [4.69, 9.17) is 0 Å². The van der Waals surface area contributed by atoms with Crippen molar-refractivity contribution in [1.29, 1.82) is 0 Å². The van der Waals surface area contributed by atoms with Crippen LogP contribution in [0.4, 0.5) is 5.69 Å². The molecular weight excluding hydrogens is 372 g/mol. The first kappa shape index (κ1) is 18.5. The minimum Gasteiger partial charge on any atom is -0.369 e. The predicted molar refractivity (Wildman–Crippen MR) is 112 cm³/mol. The summed E-state index contributed by atoms with van der Waals surface area (Å²) in [5.74, 6) is 1.68. The Morgan fingerprint density at radius 3 is 2.32 bits per heavy atom. The Bertz CT molecular complexity index is 692. The van der Waals surface area contributed by atoms with Crippen LogP contribution in [-0.4, -0.2) is 37.6 Å². The number of benzene rings is 2. The van der Waals surface area contributed by atoms with Crippen molar-refractivity contribution < 1.29 is 0 Å². The van der Waals surface area contributed by atoms with Gasteiger partial charge in [0.25, 0.3) is 0 Å². The van der Waals surface area contributed by atoms with Crippen LogP contribution in [0.2, 0.25) is 0 Å². The molecular formula is C22H29BrN2. The fourth-order valence-corrected chi connectivity index (χ4v) is 4.22. The Morgan fingerprint density at radius 1 is 0.920 bits per heavy atom. The lowest BCUT2D eigenvalue weighted by molar-refractivity contribution is 0.246. The molecule has 0 unspecified atom stereocenters. The third-order valence-electron chi connectivity index (χ3n) is 5.71. The molecule has 134 valence electrons. The van der Waals surface area contributed by atoms with E-state index in [1.807, 2.05) is 0 Å². The van der Waals surface area contributed by atoms with E-state index in [9.17, 15) is 0 Å². The standard InChI is InChI=1S/C22H28N2.BrH/c1-17-8-9-22(18(2)14-17)24-12-10-23(11-13-24)16-20-15-21(20)19-6-4-3-5-7-19;/h3-9,14,20-21H,10-13,15-16H2,1-2H3;1H/t20-,21-;/m0./s1. The summed E-state index contributed by atoms with van der Waals surface area (Å²) in [6.07, 6.45) is 1.38. The van der Waals surface area contributed by atoms with Crippen molar-refractivity contribution in [3.8, 4) is 0 Å². The Labute approximate surface area is 162 Å². The zero-order valence-electron chi connectivity index (χ0n) is 15.3. The van der Waals surface area contributed by atoms with Crippen molar-refractivity contribution >= 4 is 22.7 Å². The van der Waals surface area contributed by atoms with Crippen molar-refractivity contribution in [1.82, 2.24) is 4.90 Å². The van der Waals surface area contributed by atoms with Gasteiger partial charge < -0.3 is 4.90 Å². The van der Waals surface area contributed by atoms with Crippen LogP contribution in [0.5, 0.6) is 0 Å². The highest BCUT2D eigenvalue weighted by molar-refractivity contribution is 8.93. The fourth-order valence-electron chi connectivity index (χ4n) is 4.22. The van der Waals surface area contributed by atoms with Crippen LogP contribution >= 0.6 is 17.0 Å². The largest absolute Gasteiger partial charge is 0.369 e. The molecule has 0 aromatic heterocycles. The normalized spacial score (nSPS) is 23.2. The second kappa shape index (κ2) is 7.92. The molecule has 2 nitrogen and oxygen atoms in total. The molecule has 1 saturated heterocycles. The molecule has 1 aliphatic heterocycles. The Morgan fingerprint density at radius 2 is 1.64 bits per heavy atom. The van der Waals surface area contributed by atoms with Crippen molar-refractivity contribution in [2.45, 2.75) is 26.2 Å². The van der Waals surface area contributed by atoms with Crippen LogP contribution in [0.3, 0.4) is 0 Å². The van der Waals surface area contributed by atoms with Crippen molar-refractivity contribution in [2.75, 3.05) is 37.6 Å². The third kappa shape index (κ3) is 4.27. The van der Waals surface area contributed by atoms with Gasteiger partial charge in [-0.2, -0.15) is 0 Å². The lowest BCUT2D eigenvalue weighted by Gasteiger charge is -2.37. The van der Waals surface area contributed by atoms with E-state index >= 15 is 0 Å². The third-order valence-corrected chi connectivity index (χ3v) is 5.71. The van der Waals surface area contributed by atoms with Crippen molar-refractivity contribution in [2.24, 2.45) is 5.92 Å². The summed E-state index contributed by atoms with van der Waals surface area (Å²) in [5.41, 5.74) is 5.73. The molecule has 0 spiro atoms. The van der Waals surface area contributed by atoms with E-state index < -0.39 is 0 Å². The van der Waals surface area contributed by atoms with Crippen LogP contribution in [-0.2, 0) is 0 Å². The van der Waals surface area contributed by atoms with Crippen LogP contribution in [0.15, 0.2) is 48.5 Å². The molecule has 1 aliphatic carbocycles. The number of anilines is 1. The highest BCUT2D eigenvalue weighted by Crippen LogP contribution is 2.47. The predicted octanol–water partition coefficient (Wildman–Crippen LogP) is 4.81. The first-order chi connectivity index (χ1) is 11.7. The van der Waals surface area contributed by atoms with Crippen LogP contribution in [0.25, 0.3) is 0 Å². The van der Waals surface area contributed by atoms with Gasteiger partial charge in [0.15, 0.2) is 0 Å². The summed E-state index contributed by atoms with van der Waals surface area (Å²) in [6.45, 7) is 10.4. The van der Waals surface area contributed by atoms with Crippen LogP contribution in [0.1, 0.15) is 29.0 Å². The second-order valence-electron chi connectivity index (χ2n) is 7.59. The molecule has 0 amide bonds. The number of nitrogens with zero attached hydrogens (tertiary/aromatic N) is 2. The van der Waals surface area contributed by atoms with Gasteiger partial charge in [0, 0.05) is 38.4 Å². The average Bonchev–Trinajstić information content (AvgIpc) is 3.36. The zero-order valence-corrected chi connectivity index (χ0v) is 17.0. The maximum atomic E-state index is 2.67. The van der Waals surface area contributed by atoms with Crippen LogP contribution in [0, 0.1) is 19.8 Å². The summed E-state index contributed by atoms with van der Waals surface area (Å²) in [5, 5.41) is 0. The maximum absolute atomic E-state index is 2.67. The van der Waals surface area contributed by atoms with Gasteiger partial charge in [0.05, 0.1) is 0 Å². The molecule has 3 heteroatoms. The van der Waals surface area contributed by atoms with E-state index in [0.29, 0.717) is 0 Å². The molecule has 25 heavy (non-hydrogen) atoms.